The van der Waals surface area contributed by atoms with Crippen LogP contribution in [0, 0.1) is 12.8 Å². The molecule has 1 aromatic carbocycles. The molecule has 0 amide bonds. The maximum atomic E-state index is 12.9. The van der Waals surface area contributed by atoms with Gasteiger partial charge in [-0.05, 0) is 55.7 Å². The number of ketones is 2. The Morgan fingerprint density at radius 3 is 1.88 bits per heavy atom. The van der Waals surface area contributed by atoms with Crippen LogP contribution in [0.25, 0.3) is 0 Å². The first-order chi connectivity index (χ1) is 12.1. The standard InChI is InChI=1S/C21H30O4S/c1-6-16-8-13(3)9-17(7-2)20(16)21-18(22)11-15(12-19(21)23)10-14(4)26(5,24)25/h8-9,14-15,21H,6-7,10-12H2,1-5H3. The summed E-state index contributed by atoms with van der Waals surface area (Å²) >= 11 is 0. The molecule has 0 aromatic heterocycles. The fourth-order valence-electron chi connectivity index (χ4n) is 4.10. The van der Waals surface area contributed by atoms with Crippen molar-refractivity contribution in [2.24, 2.45) is 5.92 Å². The van der Waals surface area contributed by atoms with Gasteiger partial charge < -0.3 is 0 Å². The van der Waals surface area contributed by atoms with E-state index in [1.54, 1.807) is 6.92 Å². The molecule has 1 aromatic rings. The second kappa shape index (κ2) is 8.03. The van der Waals surface area contributed by atoms with Crippen LogP contribution >= 0.6 is 0 Å². The predicted octanol–water partition coefficient (Wildman–Crippen LogP) is 3.57. The van der Waals surface area contributed by atoms with E-state index in [4.69, 9.17) is 0 Å². The van der Waals surface area contributed by atoms with Gasteiger partial charge >= 0.3 is 0 Å². The van der Waals surface area contributed by atoms with Crippen molar-refractivity contribution >= 4 is 21.4 Å². The molecule has 0 N–H and O–H groups in total. The van der Waals surface area contributed by atoms with Gasteiger partial charge in [-0.3, -0.25) is 9.59 Å². The van der Waals surface area contributed by atoms with Gasteiger partial charge in [-0.25, -0.2) is 8.42 Å². The topological polar surface area (TPSA) is 68.3 Å². The minimum absolute atomic E-state index is 0.0554. The molecule has 26 heavy (non-hydrogen) atoms. The van der Waals surface area contributed by atoms with E-state index < -0.39 is 21.0 Å². The number of rotatable bonds is 6. The van der Waals surface area contributed by atoms with Gasteiger partial charge in [-0.2, -0.15) is 0 Å². The second-order valence-electron chi connectivity index (χ2n) is 7.72. The smallest absolute Gasteiger partial charge is 0.150 e. The van der Waals surface area contributed by atoms with E-state index in [0.717, 1.165) is 35.1 Å². The molecule has 1 aliphatic carbocycles. The number of Topliss-reactive ketones (excluding diaryl/α,β-unsaturated/α-hetero) is 2. The summed E-state index contributed by atoms with van der Waals surface area (Å²) in [5.74, 6) is -0.956. The van der Waals surface area contributed by atoms with E-state index in [-0.39, 0.29) is 30.3 Å². The maximum absolute atomic E-state index is 12.9. The molecule has 5 heteroatoms. The zero-order valence-corrected chi connectivity index (χ0v) is 17.3. The number of sulfone groups is 1. The zero-order chi connectivity index (χ0) is 19.6. The van der Waals surface area contributed by atoms with Gasteiger partial charge in [0, 0.05) is 19.1 Å². The van der Waals surface area contributed by atoms with E-state index >= 15 is 0 Å². The van der Waals surface area contributed by atoms with Gasteiger partial charge in [0.1, 0.15) is 27.3 Å². The molecule has 0 bridgehead atoms. The molecule has 1 saturated carbocycles. The third kappa shape index (κ3) is 4.43. The van der Waals surface area contributed by atoms with Crippen LogP contribution in [0.2, 0.25) is 0 Å². The molecule has 4 nitrogen and oxygen atoms in total. The molecule has 0 saturated heterocycles. The Morgan fingerprint density at radius 1 is 1.04 bits per heavy atom. The fraction of sp³-hybridized carbons (Fsp3) is 0.619. The largest absolute Gasteiger partial charge is 0.299 e. The van der Waals surface area contributed by atoms with Gasteiger partial charge in [0.25, 0.3) is 0 Å². The van der Waals surface area contributed by atoms with Gasteiger partial charge in [0.15, 0.2) is 0 Å². The molecule has 0 aliphatic heterocycles. The van der Waals surface area contributed by atoms with Gasteiger partial charge in [0.2, 0.25) is 0 Å². The second-order valence-corrected chi connectivity index (χ2v) is 10.2. The first-order valence-corrected chi connectivity index (χ1v) is 11.4. The van der Waals surface area contributed by atoms with Crippen molar-refractivity contribution in [3.63, 3.8) is 0 Å². The molecule has 1 aliphatic rings. The lowest BCUT2D eigenvalue weighted by atomic mass is 9.72. The average molecular weight is 379 g/mol. The molecule has 0 radical (unpaired) electrons. The monoisotopic (exact) mass is 378 g/mol. The third-order valence-corrected chi connectivity index (χ3v) is 7.22. The van der Waals surface area contributed by atoms with Crippen molar-refractivity contribution < 1.29 is 18.0 Å². The molecule has 2 rings (SSSR count). The van der Waals surface area contributed by atoms with Crippen molar-refractivity contribution in [3.05, 3.63) is 34.4 Å². The summed E-state index contributed by atoms with van der Waals surface area (Å²) < 4.78 is 23.4. The van der Waals surface area contributed by atoms with Crippen molar-refractivity contribution in [2.75, 3.05) is 6.26 Å². The van der Waals surface area contributed by atoms with Crippen molar-refractivity contribution in [1.29, 1.82) is 0 Å². The lowest BCUT2D eigenvalue weighted by molar-refractivity contribution is -0.133. The van der Waals surface area contributed by atoms with E-state index in [0.29, 0.717) is 6.42 Å². The summed E-state index contributed by atoms with van der Waals surface area (Å²) in [5.41, 5.74) is 4.22. The van der Waals surface area contributed by atoms with Crippen LogP contribution in [0.5, 0.6) is 0 Å². The molecule has 0 heterocycles. The van der Waals surface area contributed by atoms with Crippen LogP contribution < -0.4 is 0 Å². The van der Waals surface area contributed by atoms with Crippen molar-refractivity contribution in [1.82, 2.24) is 0 Å². The molecular weight excluding hydrogens is 348 g/mol. The fourth-order valence-corrected chi connectivity index (χ4v) is 4.72. The van der Waals surface area contributed by atoms with Gasteiger partial charge in [-0.1, -0.05) is 31.5 Å². The molecule has 144 valence electrons. The normalized spacial score (nSPS) is 22.5. The van der Waals surface area contributed by atoms with E-state index in [1.807, 2.05) is 20.8 Å². The average Bonchev–Trinajstić information content (AvgIpc) is 2.53. The molecular formula is C21H30O4S. The summed E-state index contributed by atoms with van der Waals surface area (Å²) in [7, 11) is -3.15. The Balaban J connectivity index is 2.32. The highest BCUT2D eigenvalue weighted by molar-refractivity contribution is 7.91. The first kappa shape index (κ1) is 20.8. The first-order valence-electron chi connectivity index (χ1n) is 9.45. The van der Waals surface area contributed by atoms with E-state index in [1.165, 1.54) is 6.26 Å². The van der Waals surface area contributed by atoms with Crippen LogP contribution in [0.15, 0.2) is 12.1 Å². The van der Waals surface area contributed by atoms with Gasteiger partial charge in [0.05, 0.1) is 5.25 Å². The van der Waals surface area contributed by atoms with Gasteiger partial charge in [-0.15, -0.1) is 0 Å². The molecule has 0 spiro atoms. The number of aryl methyl sites for hydroxylation is 3. The van der Waals surface area contributed by atoms with Crippen molar-refractivity contribution in [2.45, 2.75) is 71.0 Å². The Bertz CT molecular complexity index is 764. The summed E-state index contributed by atoms with van der Waals surface area (Å²) in [6.07, 6.45) is 3.73. The van der Waals surface area contributed by atoms with Crippen molar-refractivity contribution in [3.8, 4) is 0 Å². The number of hydrogen-bond donors (Lipinski definition) is 0. The number of benzene rings is 1. The summed E-state index contributed by atoms with van der Waals surface area (Å²) in [4.78, 5) is 25.8. The molecule has 1 fully saturated rings. The Labute approximate surface area is 157 Å². The molecule has 1 atom stereocenters. The van der Waals surface area contributed by atoms with E-state index in [9.17, 15) is 18.0 Å². The predicted molar refractivity (Wildman–Crippen MR) is 104 cm³/mol. The zero-order valence-electron chi connectivity index (χ0n) is 16.5. The Kier molecular flexibility index (Phi) is 6.43. The summed E-state index contributed by atoms with van der Waals surface area (Å²) in [6.45, 7) is 7.79. The third-order valence-electron chi connectivity index (χ3n) is 5.57. The van der Waals surface area contributed by atoms with Crippen LogP contribution in [-0.2, 0) is 32.3 Å². The quantitative estimate of drug-likeness (QED) is 0.710. The highest BCUT2D eigenvalue weighted by atomic mass is 32.2. The van der Waals surface area contributed by atoms with E-state index in [2.05, 4.69) is 12.1 Å². The lowest BCUT2D eigenvalue weighted by Gasteiger charge is -2.30. The Morgan fingerprint density at radius 2 is 1.50 bits per heavy atom. The van der Waals surface area contributed by atoms with Crippen LogP contribution in [-0.4, -0.2) is 31.5 Å². The maximum Gasteiger partial charge on any atom is 0.150 e. The Hall–Kier alpha value is -1.49. The SMILES string of the molecule is CCc1cc(C)cc(CC)c1C1C(=O)CC(CC(C)S(C)(=O)=O)CC1=O. The van der Waals surface area contributed by atoms with Crippen LogP contribution in [0.1, 0.15) is 68.2 Å². The lowest BCUT2D eigenvalue weighted by Crippen LogP contribution is -2.35. The highest BCUT2D eigenvalue weighted by Crippen LogP contribution is 2.37. The number of carbonyl (C=O) groups is 2. The highest BCUT2D eigenvalue weighted by Gasteiger charge is 2.39. The molecule has 1 unspecified atom stereocenters. The van der Waals surface area contributed by atoms with Crippen LogP contribution in [0.4, 0.5) is 0 Å². The minimum atomic E-state index is -3.15. The minimum Gasteiger partial charge on any atom is -0.299 e. The summed E-state index contributed by atoms with van der Waals surface area (Å²) in [5, 5.41) is -0.526. The van der Waals surface area contributed by atoms with Crippen LogP contribution in [0.3, 0.4) is 0 Å². The number of carbonyl (C=O) groups excluding carboxylic acids is 2. The summed E-state index contributed by atoms with van der Waals surface area (Å²) in [6, 6.07) is 4.15. The number of hydrogen-bond acceptors (Lipinski definition) is 4.